The molecule has 5 aromatic rings. The smallest absolute Gasteiger partial charge is 0.174 e. The van der Waals surface area contributed by atoms with E-state index in [2.05, 4.69) is 31.1 Å². The van der Waals surface area contributed by atoms with Gasteiger partial charge in [-0.3, -0.25) is 4.98 Å². The van der Waals surface area contributed by atoms with Crippen LogP contribution in [0.2, 0.25) is 0 Å². The molecular weight excluding hydrogens is 546 g/mol. The summed E-state index contributed by atoms with van der Waals surface area (Å²) in [6.45, 7) is 0. The average Bonchev–Trinajstić information content (AvgIpc) is 3.55. The summed E-state index contributed by atoms with van der Waals surface area (Å²) in [4.78, 5) is 6.71. The van der Waals surface area contributed by atoms with Gasteiger partial charge in [-0.2, -0.15) is 0 Å². The third-order valence-corrected chi connectivity index (χ3v) is 7.08. The number of thiocarbonyl (C=S) groups is 1. The lowest BCUT2D eigenvalue weighted by atomic mass is 10.0. The van der Waals surface area contributed by atoms with Crippen molar-refractivity contribution in [2.24, 2.45) is 0 Å². The normalized spacial score (nSPS) is 17.0. The number of halogens is 1. The summed E-state index contributed by atoms with van der Waals surface area (Å²) in [6.07, 6.45) is 1.80. The third-order valence-electron chi connectivity index (χ3n) is 6.24. The van der Waals surface area contributed by atoms with Gasteiger partial charge in [0, 0.05) is 21.9 Å². The van der Waals surface area contributed by atoms with Crippen LogP contribution in [0.15, 0.2) is 124 Å². The Hall–Kier alpha value is -3.94. The number of benzene rings is 3. The molecule has 0 radical (unpaired) electrons. The fraction of sp³-hybridized carbons (Fsp3) is 0.0667. The lowest BCUT2D eigenvalue weighted by molar-refractivity contribution is 0.439. The van der Waals surface area contributed by atoms with Crippen LogP contribution in [0.3, 0.4) is 0 Å². The van der Waals surface area contributed by atoms with E-state index in [4.69, 9.17) is 21.4 Å². The Kier molecular flexibility index (Phi) is 6.47. The number of hydrogen-bond donors (Lipinski definition) is 1. The van der Waals surface area contributed by atoms with Crippen molar-refractivity contribution in [1.29, 1.82) is 0 Å². The maximum atomic E-state index is 6.44. The molecule has 0 saturated carbocycles. The molecule has 6 rings (SSSR count). The second-order valence-electron chi connectivity index (χ2n) is 8.61. The van der Waals surface area contributed by atoms with Gasteiger partial charge in [0.1, 0.15) is 29.1 Å². The van der Waals surface area contributed by atoms with Crippen LogP contribution in [0, 0.1) is 0 Å². The van der Waals surface area contributed by atoms with E-state index in [-0.39, 0.29) is 12.1 Å². The maximum absolute atomic E-state index is 6.44. The van der Waals surface area contributed by atoms with Gasteiger partial charge in [-0.05, 0) is 85.0 Å². The molecule has 3 aromatic carbocycles. The molecule has 1 saturated heterocycles. The van der Waals surface area contributed by atoms with Gasteiger partial charge in [-0.1, -0.05) is 52.3 Å². The molecule has 1 fully saturated rings. The van der Waals surface area contributed by atoms with Crippen molar-refractivity contribution in [2.75, 3.05) is 4.90 Å². The van der Waals surface area contributed by atoms with Crippen molar-refractivity contribution >= 4 is 38.9 Å². The zero-order chi connectivity index (χ0) is 25.2. The number of aromatic nitrogens is 1. The molecule has 1 aliphatic heterocycles. The summed E-state index contributed by atoms with van der Waals surface area (Å²) in [5, 5.41) is 4.09. The van der Waals surface area contributed by atoms with E-state index in [0.29, 0.717) is 5.11 Å². The molecule has 3 heterocycles. The highest BCUT2D eigenvalue weighted by Crippen LogP contribution is 2.43. The Bertz CT molecular complexity index is 1510. The SMILES string of the molecule is S=C1N[C@@H](c2ccccn2)[C@@H](c2ccc(-c3ccc(Br)cc3)o2)N1c1ccc(Oc2ccccc2)cc1. The Labute approximate surface area is 228 Å². The molecule has 7 heteroatoms. The van der Waals surface area contributed by atoms with E-state index >= 15 is 0 Å². The summed E-state index contributed by atoms with van der Waals surface area (Å²) < 4.78 is 13.4. The highest BCUT2D eigenvalue weighted by molar-refractivity contribution is 9.10. The predicted molar refractivity (Wildman–Crippen MR) is 153 cm³/mol. The van der Waals surface area contributed by atoms with E-state index in [1.807, 2.05) is 109 Å². The van der Waals surface area contributed by atoms with Crippen molar-refractivity contribution in [3.63, 3.8) is 0 Å². The molecule has 0 spiro atoms. The van der Waals surface area contributed by atoms with Crippen molar-refractivity contribution in [2.45, 2.75) is 12.1 Å². The van der Waals surface area contributed by atoms with Crippen molar-refractivity contribution in [3.05, 3.63) is 131 Å². The van der Waals surface area contributed by atoms with E-state index < -0.39 is 0 Å². The topological polar surface area (TPSA) is 50.5 Å². The second kappa shape index (κ2) is 10.2. The number of para-hydroxylation sites is 1. The monoisotopic (exact) mass is 567 g/mol. The van der Waals surface area contributed by atoms with Crippen LogP contribution < -0.4 is 15.0 Å². The Balaban J connectivity index is 1.35. The molecule has 0 aliphatic carbocycles. The standard InChI is InChI=1S/C30H22BrN3O2S/c31-21-11-9-20(10-12-21)26-17-18-27(36-26)29-28(25-8-4-5-19-32-25)33-30(37)34(29)22-13-15-24(16-14-22)35-23-6-2-1-3-7-23/h1-19,28-29H,(H,33,37)/t28-,29+/m0/s1. The highest BCUT2D eigenvalue weighted by Gasteiger charge is 2.42. The van der Waals surface area contributed by atoms with E-state index in [9.17, 15) is 0 Å². The van der Waals surface area contributed by atoms with Crippen LogP contribution in [0.25, 0.3) is 11.3 Å². The molecule has 0 unspecified atom stereocenters. The summed E-state index contributed by atoms with van der Waals surface area (Å²) in [5.41, 5.74) is 2.83. The molecule has 37 heavy (non-hydrogen) atoms. The zero-order valence-corrected chi connectivity index (χ0v) is 22.0. The molecule has 0 amide bonds. The Morgan fingerprint density at radius 1 is 0.811 bits per heavy atom. The van der Waals surface area contributed by atoms with Crippen molar-refractivity contribution in [1.82, 2.24) is 10.3 Å². The van der Waals surface area contributed by atoms with Crippen LogP contribution >= 0.6 is 28.1 Å². The molecule has 0 bridgehead atoms. The molecule has 2 aromatic heterocycles. The van der Waals surface area contributed by atoms with E-state index in [1.165, 1.54) is 0 Å². The van der Waals surface area contributed by atoms with Gasteiger partial charge in [0.25, 0.3) is 0 Å². The number of hydrogen-bond acceptors (Lipinski definition) is 4. The van der Waals surface area contributed by atoms with E-state index in [0.717, 1.165) is 44.4 Å². The van der Waals surface area contributed by atoms with Crippen molar-refractivity contribution < 1.29 is 9.15 Å². The number of furan rings is 1. The third kappa shape index (κ3) is 4.88. The minimum atomic E-state index is -0.229. The first kappa shape index (κ1) is 23.5. The van der Waals surface area contributed by atoms with E-state index in [1.54, 1.807) is 6.20 Å². The van der Waals surface area contributed by atoms with Gasteiger partial charge >= 0.3 is 0 Å². The van der Waals surface area contributed by atoms with Crippen LogP contribution in [-0.4, -0.2) is 10.1 Å². The van der Waals surface area contributed by atoms with Gasteiger partial charge in [0.05, 0.1) is 11.7 Å². The largest absolute Gasteiger partial charge is 0.459 e. The molecule has 2 atom stereocenters. The highest BCUT2D eigenvalue weighted by atomic mass is 79.9. The number of nitrogens with zero attached hydrogens (tertiary/aromatic N) is 2. The van der Waals surface area contributed by atoms with Crippen LogP contribution in [-0.2, 0) is 0 Å². The summed E-state index contributed by atoms with van der Waals surface area (Å²) >= 11 is 9.34. The van der Waals surface area contributed by atoms with Gasteiger partial charge in [0.15, 0.2) is 5.11 Å². The first-order valence-corrected chi connectivity index (χ1v) is 13.1. The number of pyridine rings is 1. The molecule has 5 nitrogen and oxygen atoms in total. The van der Waals surface area contributed by atoms with Crippen LogP contribution in [0.5, 0.6) is 11.5 Å². The first-order valence-electron chi connectivity index (χ1n) is 11.8. The molecule has 1 N–H and O–H groups in total. The zero-order valence-electron chi connectivity index (χ0n) is 19.6. The number of rotatable bonds is 6. The first-order chi connectivity index (χ1) is 18.2. The second-order valence-corrected chi connectivity index (χ2v) is 9.92. The van der Waals surface area contributed by atoms with Gasteiger partial charge < -0.3 is 19.4 Å². The lowest BCUT2D eigenvalue weighted by Crippen LogP contribution is -2.29. The minimum absolute atomic E-state index is 0.183. The van der Waals surface area contributed by atoms with Gasteiger partial charge in [-0.15, -0.1) is 0 Å². The molecule has 182 valence electrons. The summed E-state index contributed by atoms with van der Waals surface area (Å²) in [7, 11) is 0. The van der Waals surface area contributed by atoms with Crippen LogP contribution in [0.1, 0.15) is 23.5 Å². The van der Waals surface area contributed by atoms with Crippen molar-refractivity contribution in [3.8, 4) is 22.8 Å². The maximum Gasteiger partial charge on any atom is 0.174 e. The fourth-order valence-corrected chi connectivity index (χ4v) is 5.11. The van der Waals surface area contributed by atoms with Crippen LogP contribution in [0.4, 0.5) is 5.69 Å². The van der Waals surface area contributed by atoms with Gasteiger partial charge in [-0.25, -0.2) is 0 Å². The van der Waals surface area contributed by atoms with Gasteiger partial charge in [0.2, 0.25) is 0 Å². The average molecular weight is 568 g/mol. The Morgan fingerprint density at radius 3 is 2.27 bits per heavy atom. The lowest BCUT2D eigenvalue weighted by Gasteiger charge is -2.26. The molecular formula is C30H22BrN3O2S. The Morgan fingerprint density at radius 2 is 1.54 bits per heavy atom. The number of ether oxygens (including phenoxy) is 1. The number of anilines is 1. The molecule has 1 aliphatic rings. The predicted octanol–water partition coefficient (Wildman–Crippen LogP) is 8.07. The summed E-state index contributed by atoms with van der Waals surface area (Å²) in [5.74, 6) is 3.14. The number of nitrogens with one attached hydrogen (secondary N) is 1. The summed E-state index contributed by atoms with van der Waals surface area (Å²) in [6, 6.07) is 35.2. The minimum Gasteiger partial charge on any atom is -0.459 e. The fourth-order valence-electron chi connectivity index (χ4n) is 4.50. The quantitative estimate of drug-likeness (QED) is 0.209.